The molecular weight excluding hydrogens is 448 g/mol. The zero-order valence-electron chi connectivity index (χ0n) is 21.5. The van der Waals surface area contributed by atoms with E-state index in [1.807, 2.05) is 41.5 Å². The van der Waals surface area contributed by atoms with Crippen molar-refractivity contribution in [3.63, 3.8) is 0 Å². The number of carbonyl (C=O) groups excluding carboxylic acids is 2. The summed E-state index contributed by atoms with van der Waals surface area (Å²) in [7, 11) is 1.00. The van der Waals surface area contributed by atoms with Gasteiger partial charge in [0, 0.05) is 31.7 Å². The lowest BCUT2D eigenvalue weighted by atomic mass is 10.2. The molecular formula is C21H42N6O7. The monoisotopic (exact) mass is 490 g/mol. The number of amides is 2. The molecule has 0 radical (unpaired) electrons. The molecule has 0 aliphatic carbocycles. The van der Waals surface area contributed by atoms with E-state index >= 15 is 0 Å². The third kappa shape index (κ3) is 14.1. The van der Waals surface area contributed by atoms with Gasteiger partial charge in [-0.2, -0.15) is 0 Å². The summed E-state index contributed by atoms with van der Waals surface area (Å²) in [6, 6.07) is 0. The van der Waals surface area contributed by atoms with E-state index in [0.717, 1.165) is 7.11 Å². The Labute approximate surface area is 202 Å². The Kier molecular flexibility index (Phi) is 14.5. The number of aliphatic hydroxyl groups excluding tert-OH is 1. The maximum absolute atomic E-state index is 11.8. The Hall–Kier alpha value is -2.31. The van der Waals surface area contributed by atoms with Crippen molar-refractivity contribution >= 4 is 12.2 Å². The zero-order valence-corrected chi connectivity index (χ0v) is 21.5. The van der Waals surface area contributed by atoms with Crippen LogP contribution in [0.25, 0.3) is 10.4 Å². The smallest absolute Gasteiger partial charge is 0.410 e. The molecule has 13 heteroatoms. The van der Waals surface area contributed by atoms with Crippen LogP contribution < -0.4 is 5.73 Å². The third-order valence-electron chi connectivity index (χ3n) is 4.19. The summed E-state index contributed by atoms with van der Waals surface area (Å²) in [6.07, 6.45) is -0.950. The van der Waals surface area contributed by atoms with E-state index in [9.17, 15) is 9.59 Å². The molecule has 0 bridgehead atoms. The minimum atomic E-state index is -0.504. The fraction of sp³-hybridized carbons (Fsp3) is 0.905. The first-order chi connectivity index (χ1) is 15.8. The van der Waals surface area contributed by atoms with Crippen LogP contribution in [0.1, 0.15) is 41.5 Å². The van der Waals surface area contributed by atoms with Gasteiger partial charge in [0.15, 0.2) is 0 Å². The van der Waals surface area contributed by atoms with Gasteiger partial charge < -0.3 is 39.6 Å². The van der Waals surface area contributed by atoms with Crippen LogP contribution in [0.5, 0.6) is 0 Å². The normalized spacial score (nSPS) is 20.5. The number of hydrogen-bond donors (Lipinski definition) is 2. The van der Waals surface area contributed by atoms with Gasteiger partial charge in [-0.05, 0) is 47.1 Å². The quantitative estimate of drug-likeness (QED) is 0.344. The second kappa shape index (κ2) is 15.6. The second-order valence-electron chi connectivity index (χ2n) is 9.49. The highest BCUT2D eigenvalue weighted by Gasteiger charge is 2.28. The van der Waals surface area contributed by atoms with Crippen molar-refractivity contribution in [1.29, 1.82) is 0 Å². The van der Waals surface area contributed by atoms with Gasteiger partial charge in [0.25, 0.3) is 0 Å². The summed E-state index contributed by atoms with van der Waals surface area (Å²) >= 11 is 0. The fourth-order valence-corrected chi connectivity index (χ4v) is 2.80. The van der Waals surface area contributed by atoms with E-state index in [4.69, 9.17) is 35.3 Å². The highest BCUT2D eigenvalue weighted by molar-refractivity contribution is 5.68. The van der Waals surface area contributed by atoms with Crippen molar-refractivity contribution in [3.8, 4) is 0 Å². The molecule has 2 atom stereocenters. The van der Waals surface area contributed by atoms with Crippen LogP contribution in [0.2, 0.25) is 0 Å². The summed E-state index contributed by atoms with van der Waals surface area (Å²) in [5.41, 5.74) is 12.8. The Balaban J connectivity index is 0.000000601. The first-order valence-electron chi connectivity index (χ1n) is 11.2. The van der Waals surface area contributed by atoms with E-state index in [2.05, 4.69) is 10.0 Å². The van der Waals surface area contributed by atoms with E-state index < -0.39 is 11.2 Å². The SMILES string of the molecule is CC(C)(C)OC(=O)N1CCOC(CN)C1.CC(C)(C)OC(=O)N1CCOC(CN=[N+]=[N-])C1.CO. The number of hydrogen-bond acceptors (Lipinski definition) is 9. The number of nitrogens with two attached hydrogens (primary N) is 1. The zero-order chi connectivity index (χ0) is 26.4. The minimum Gasteiger partial charge on any atom is -0.444 e. The standard InChI is InChI=1S/C10H18N4O3.C10H20N2O3.CH4O/c1-10(2,3)17-9(15)14-4-5-16-8(7-14)6-12-13-11;1-10(2,3)15-9(13)12-4-5-14-8(6-11)7-12;1-2/h8H,4-7H2,1-3H3;8H,4-7,11H2,1-3H3;2H,1H3. The summed E-state index contributed by atoms with van der Waals surface area (Å²) < 4.78 is 21.3. The average molecular weight is 491 g/mol. The number of morpholine rings is 2. The van der Waals surface area contributed by atoms with Crippen LogP contribution in [-0.4, -0.2) is 110 Å². The Morgan fingerprint density at radius 3 is 1.76 bits per heavy atom. The van der Waals surface area contributed by atoms with Gasteiger partial charge in [-0.1, -0.05) is 5.11 Å². The van der Waals surface area contributed by atoms with Gasteiger partial charge in [0.1, 0.15) is 11.2 Å². The number of aliphatic hydroxyl groups is 1. The average Bonchev–Trinajstić information content (AvgIpc) is 2.77. The van der Waals surface area contributed by atoms with Crippen molar-refractivity contribution in [3.05, 3.63) is 10.4 Å². The Bertz CT molecular complexity index is 659. The Morgan fingerprint density at radius 2 is 1.38 bits per heavy atom. The van der Waals surface area contributed by atoms with Crippen molar-refractivity contribution in [2.75, 3.05) is 59.6 Å². The molecule has 13 nitrogen and oxygen atoms in total. The number of carbonyl (C=O) groups is 2. The topological polar surface area (TPSA) is 173 Å². The van der Waals surface area contributed by atoms with E-state index in [1.54, 1.807) is 9.80 Å². The molecule has 2 unspecified atom stereocenters. The van der Waals surface area contributed by atoms with Gasteiger partial charge in [-0.25, -0.2) is 9.59 Å². The highest BCUT2D eigenvalue weighted by atomic mass is 16.6. The molecule has 2 amide bonds. The molecule has 2 aliphatic heterocycles. The second-order valence-corrected chi connectivity index (χ2v) is 9.49. The molecule has 34 heavy (non-hydrogen) atoms. The van der Waals surface area contributed by atoms with Crippen LogP contribution in [-0.2, 0) is 18.9 Å². The van der Waals surface area contributed by atoms with Crippen molar-refractivity contribution < 1.29 is 33.6 Å². The van der Waals surface area contributed by atoms with E-state index in [0.29, 0.717) is 45.9 Å². The molecule has 2 heterocycles. The number of rotatable bonds is 3. The van der Waals surface area contributed by atoms with Crippen LogP contribution >= 0.6 is 0 Å². The largest absolute Gasteiger partial charge is 0.444 e. The molecule has 2 saturated heterocycles. The highest BCUT2D eigenvalue weighted by Crippen LogP contribution is 2.14. The molecule has 0 aromatic rings. The van der Waals surface area contributed by atoms with Gasteiger partial charge in [-0.15, -0.1) is 0 Å². The predicted octanol–water partition coefficient (Wildman–Crippen LogP) is 2.12. The molecule has 0 saturated carbocycles. The predicted molar refractivity (Wildman–Crippen MR) is 126 cm³/mol. The summed E-state index contributed by atoms with van der Waals surface area (Å²) in [6.45, 7) is 14.6. The lowest BCUT2D eigenvalue weighted by Crippen LogP contribution is -2.49. The lowest BCUT2D eigenvalue weighted by Gasteiger charge is -2.33. The third-order valence-corrected chi connectivity index (χ3v) is 4.19. The maximum Gasteiger partial charge on any atom is 0.410 e. The number of ether oxygens (including phenoxy) is 4. The van der Waals surface area contributed by atoms with Crippen LogP contribution in [0.4, 0.5) is 9.59 Å². The summed E-state index contributed by atoms with van der Waals surface area (Å²) in [5, 5.41) is 10.4. The lowest BCUT2D eigenvalue weighted by molar-refractivity contribution is -0.0385. The molecule has 3 N–H and O–H groups in total. The van der Waals surface area contributed by atoms with E-state index in [-0.39, 0.29) is 30.9 Å². The van der Waals surface area contributed by atoms with Crippen molar-refractivity contribution in [2.45, 2.75) is 65.0 Å². The van der Waals surface area contributed by atoms with Gasteiger partial charge in [-0.3, -0.25) is 0 Å². The van der Waals surface area contributed by atoms with Crippen LogP contribution in [0.3, 0.4) is 0 Å². The molecule has 0 aromatic heterocycles. The number of azide groups is 1. The maximum atomic E-state index is 11.8. The van der Waals surface area contributed by atoms with Crippen molar-refractivity contribution in [1.82, 2.24) is 9.80 Å². The van der Waals surface area contributed by atoms with Crippen LogP contribution in [0, 0.1) is 0 Å². The van der Waals surface area contributed by atoms with Gasteiger partial charge >= 0.3 is 12.2 Å². The molecule has 2 rings (SSSR count). The van der Waals surface area contributed by atoms with Crippen LogP contribution in [0.15, 0.2) is 5.11 Å². The first-order valence-corrected chi connectivity index (χ1v) is 11.2. The Morgan fingerprint density at radius 1 is 0.971 bits per heavy atom. The molecule has 2 fully saturated rings. The fourth-order valence-electron chi connectivity index (χ4n) is 2.80. The van der Waals surface area contributed by atoms with Gasteiger partial charge in [0.05, 0.1) is 45.1 Å². The molecule has 2 aliphatic rings. The minimum absolute atomic E-state index is 0.0636. The van der Waals surface area contributed by atoms with Gasteiger partial charge in [0.2, 0.25) is 0 Å². The van der Waals surface area contributed by atoms with E-state index in [1.165, 1.54) is 0 Å². The molecule has 198 valence electrons. The van der Waals surface area contributed by atoms with Crippen molar-refractivity contribution in [2.24, 2.45) is 10.8 Å². The first kappa shape index (κ1) is 31.7. The molecule has 0 spiro atoms. The number of nitrogens with zero attached hydrogens (tertiary/aromatic N) is 5. The summed E-state index contributed by atoms with van der Waals surface area (Å²) in [4.78, 5) is 29.4. The summed E-state index contributed by atoms with van der Waals surface area (Å²) in [5.74, 6) is 0. The molecule has 0 aromatic carbocycles.